The molecule has 17 heavy (non-hydrogen) atoms. The summed E-state index contributed by atoms with van der Waals surface area (Å²) in [6, 6.07) is 4.96. The van der Waals surface area contributed by atoms with E-state index in [0.717, 1.165) is 5.56 Å². The molecular weight excluding hydrogens is 240 g/mol. The highest BCUT2D eigenvalue weighted by Crippen LogP contribution is 2.26. The molecule has 5 heteroatoms. The third-order valence-electron chi connectivity index (χ3n) is 2.84. The molecule has 0 aliphatic carbocycles. The molecule has 0 amide bonds. The molecule has 1 aromatic carbocycles. The second kappa shape index (κ2) is 5.08. The number of thiol groups is 1. The van der Waals surface area contributed by atoms with Crippen molar-refractivity contribution in [1.29, 1.82) is 0 Å². The molecule has 1 aromatic rings. The van der Waals surface area contributed by atoms with Gasteiger partial charge in [0, 0.05) is 5.56 Å². The predicted octanol–water partition coefficient (Wildman–Crippen LogP) is 1.07. The Bertz CT molecular complexity index is 433. The zero-order valence-corrected chi connectivity index (χ0v) is 10.1. The average Bonchev–Trinajstić information content (AvgIpc) is 2.70. The fourth-order valence-electron chi connectivity index (χ4n) is 1.85. The predicted molar refractivity (Wildman–Crippen MR) is 65.0 cm³/mol. The zero-order valence-electron chi connectivity index (χ0n) is 9.17. The van der Waals surface area contributed by atoms with Gasteiger partial charge in [-0.15, -0.1) is 0 Å². The van der Waals surface area contributed by atoms with Crippen molar-refractivity contribution in [3.05, 3.63) is 34.9 Å². The number of aliphatic hydroxyl groups excluding tert-OH is 2. The second-order valence-electron chi connectivity index (χ2n) is 4.02. The lowest BCUT2D eigenvalue weighted by Crippen LogP contribution is -2.18. The van der Waals surface area contributed by atoms with E-state index in [1.54, 1.807) is 18.2 Å². The molecular formula is C12H14O4S. The molecule has 0 saturated carbocycles. The second-order valence-corrected chi connectivity index (χ2v) is 4.46. The SMILES string of the molecule is O=C1OCc2cc(C(O)C(O)CCS)ccc21. The van der Waals surface area contributed by atoms with E-state index in [4.69, 9.17) is 4.74 Å². The topological polar surface area (TPSA) is 66.8 Å². The zero-order chi connectivity index (χ0) is 12.4. The van der Waals surface area contributed by atoms with Crippen LogP contribution in [0.3, 0.4) is 0 Å². The van der Waals surface area contributed by atoms with E-state index in [1.165, 1.54) is 0 Å². The van der Waals surface area contributed by atoms with Crippen LogP contribution in [0, 0.1) is 0 Å². The van der Waals surface area contributed by atoms with E-state index in [0.29, 0.717) is 23.3 Å². The Balaban J connectivity index is 2.20. The van der Waals surface area contributed by atoms with Crippen LogP contribution in [-0.2, 0) is 11.3 Å². The molecule has 1 aliphatic rings. The van der Waals surface area contributed by atoms with Crippen LogP contribution in [0.5, 0.6) is 0 Å². The van der Waals surface area contributed by atoms with Gasteiger partial charge in [-0.25, -0.2) is 4.79 Å². The number of fused-ring (bicyclic) bond motifs is 1. The first-order valence-corrected chi connectivity index (χ1v) is 6.03. The number of ether oxygens (including phenoxy) is 1. The Morgan fingerprint density at radius 3 is 2.88 bits per heavy atom. The smallest absolute Gasteiger partial charge is 0.338 e. The monoisotopic (exact) mass is 254 g/mol. The molecule has 4 nitrogen and oxygen atoms in total. The summed E-state index contributed by atoms with van der Waals surface area (Å²) >= 11 is 4.01. The number of hydrogen-bond donors (Lipinski definition) is 3. The summed E-state index contributed by atoms with van der Waals surface area (Å²) in [5, 5.41) is 19.6. The van der Waals surface area contributed by atoms with Crippen LogP contribution in [0.25, 0.3) is 0 Å². The average molecular weight is 254 g/mol. The van der Waals surface area contributed by atoms with Crippen molar-refractivity contribution in [1.82, 2.24) is 0 Å². The molecule has 92 valence electrons. The van der Waals surface area contributed by atoms with Crippen LogP contribution in [0.1, 0.15) is 34.0 Å². The number of benzene rings is 1. The Labute approximate surface area is 105 Å². The lowest BCUT2D eigenvalue weighted by Gasteiger charge is -2.17. The van der Waals surface area contributed by atoms with Crippen molar-refractivity contribution >= 4 is 18.6 Å². The molecule has 2 atom stereocenters. The lowest BCUT2D eigenvalue weighted by molar-refractivity contribution is 0.0172. The van der Waals surface area contributed by atoms with Gasteiger partial charge < -0.3 is 14.9 Å². The van der Waals surface area contributed by atoms with Gasteiger partial charge in [-0.1, -0.05) is 6.07 Å². The molecule has 0 fully saturated rings. The molecule has 1 heterocycles. The van der Waals surface area contributed by atoms with Gasteiger partial charge in [0.05, 0.1) is 11.7 Å². The molecule has 2 rings (SSSR count). The number of aliphatic hydroxyl groups is 2. The molecule has 2 unspecified atom stereocenters. The van der Waals surface area contributed by atoms with Crippen molar-refractivity contribution in [2.24, 2.45) is 0 Å². The summed E-state index contributed by atoms with van der Waals surface area (Å²) in [7, 11) is 0. The van der Waals surface area contributed by atoms with E-state index >= 15 is 0 Å². The van der Waals surface area contributed by atoms with Gasteiger partial charge in [0.15, 0.2) is 0 Å². The van der Waals surface area contributed by atoms with Gasteiger partial charge >= 0.3 is 5.97 Å². The highest BCUT2D eigenvalue weighted by Gasteiger charge is 2.24. The quantitative estimate of drug-likeness (QED) is 0.555. The number of hydrogen-bond acceptors (Lipinski definition) is 5. The highest BCUT2D eigenvalue weighted by molar-refractivity contribution is 7.80. The van der Waals surface area contributed by atoms with E-state index in [2.05, 4.69) is 12.6 Å². The van der Waals surface area contributed by atoms with Crippen molar-refractivity contribution in [2.45, 2.75) is 25.2 Å². The van der Waals surface area contributed by atoms with E-state index in [1.807, 2.05) is 0 Å². The molecule has 0 saturated heterocycles. The van der Waals surface area contributed by atoms with Gasteiger partial charge in [-0.3, -0.25) is 0 Å². The normalized spacial score (nSPS) is 17.5. The first-order chi connectivity index (χ1) is 8.13. The third kappa shape index (κ3) is 2.46. The molecule has 0 aromatic heterocycles. The minimum absolute atomic E-state index is 0.234. The maximum atomic E-state index is 11.2. The molecule has 1 aliphatic heterocycles. The fraction of sp³-hybridized carbons (Fsp3) is 0.417. The highest BCUT2D eigenvalue weighted by atomic mass is 32.1. The summed E-state index contributed by atoms with van der Waals surface area (Å²) in [5.41, 5.74) is 1.88. The Morgan fingerprint density at radius 1 is 1.41 bits per heavy atom. The minimum atomic E-state index is -0.955. The number of esters is 1. The van der Waals surface area contributed by atoms with Crippen molar-refractivity contribution in [3.8, 4) is 0 Å². The summed E-state index contributed by atoms with van der Waals surface area (Å²) in [6.45, 7) is 0.234. The first kappa shape index (κ1) is 12.4. The standard InChI is InChI=1S/C12H14O4S/c13-10(3-4-17)11(14)7-1-2-9-8(5-7)6-16-12(9)15/h1-2,5,10-11,13-14,17H,3-4,6H2. The van der Waals surface area contributed by atoms with Crippen LogP contribution in [0.2, 0.25) is 0 Å². The van der Waals surface area contributed by atoms with Gasteiger partial charge in [-0.2, -0.15) is 12.6 Å². The summed E-state index contributed by atoms with van der Waals surface area (Å²) < 4.78 is 4.87. The van der Waals surface area contributed by atoms with Crippen LogP contribution in [-0.4, -0.2) is 28.0 Å². The molecule has 0 spiro atoms. The number of rotatable bonds is 4. The van der Waals surface area contributed by atoms with Crippen molar-refractivity contribution < 1.29 is 19.7 Å². The molecule has 2 N–H and O–H groups in total. The van der Waals surface area contributed by atoms with Crippen molar-refractivity contribution in [3.63, 3.8) is 0 Å². The summed E-state index contributed by atoms with van der Waals surface area (Å²) in [6.07, 6.45) is -1.39. The maximum absolute atomic E-state index is 11.2. The fourth-order valence-corrected chi connectivity index (χ4v) is 2.11. The van der Waals surface area contributed by atoms with Gasteiger partial charge in [-0.05, 0) is 29.9 Å². The first-order valence-electron chi connectivity index (χ1n) is 5.40. The van der Waals surface area contributed by atoms with Crippen LogP contribution in [0.4, 0.5) is 0 Å². The van der Waals surface area contributed by atoms with Crippen LogP contribution >= 0.6 is 12.6 Å². The van der Waals surface area contributed by atoms with Crippen molar-refractivity contribution in [2.75, 3.05) is 5.75 Å². The summed E-state index contributed by atoms with van der Waals surface area (Å²) in [5.74, 6) is 0.169. The van der Waals surface area contributed by atoms with Crippen LogP contribution < -0.4 is 0 Å². The van der Waals surface area contributed by atoms with E-state index < -0.39 is 12.2 Å². The van der Waals surface area contributed by atoms with Gasteiger partial charge in [0.1, 0.15) is 12.7 Å². The van der Waals surface area contributed by atoms with Gasteiger partial charge in [0.2, 0.25) is 0 Å². The maximum Gasteiger partial charge on any atom is 0.338 e. The van der Waals surface area contributed by atoms with E-state index in [-0.39, 0.29) is 12.6 Å². The molecule has 0 radical (unpaired) electrons. The number of carbonyl (C=O) groups is 1. The minimum Gasteiger partial charge on any atom is -0.457 e. The Kier molecular flexibility index (Phi) is 3.71. The largest absolute Gasteiger partial charge is 0.457 e. The Hall–Kier alpha value is -1.04. The third-order valence-corrected chi connectivity index (χ3v) is 3.10. The van der Waals surface area contributed by atoms with E-state index in [9.17, 15) is 15.0 Å². The Morgan fingerprint density at radius 2 is 2.18 bits per heavy atom. The number of carbonyl (C=O) groups excluding carboxylic acids is 1. The van der Waals surface area contributed by atoms with Gasteiger partial charge in [0.25, 0.3) is 0 Å². The van der Waals surface area contributed by atoms with Crippen LogP contribution in [0.15, 0.2) is 18.2 Å². The number of cyclic esters (lactones) is 1. The molecule has 0 bridgehead atoms. The lowest BCUT2D eigenvalue weighted by atomic mass is 9.98. The summed E-state index contributed by atoms with van der Waals surface area (Å²) in [4.78, 5) is 11.2.